The van der Waals surface area contributed by atoms with Gasteiger partial charge in [0.2, 0.25) is 0 Å². The van der Waals surface area contributed by atoms with Crippen LogP contribution in [0.4, 0.5) is 0 Å². The molecular formula is C14H17BrN2O. The minimum Gasteiger partial charge on any atom is -0.474 e. The van der Waals surface area contributed by atoms with Crippen LogP contribution in [0.3, 0.4) is 0 Å². The minimum atomic E-state index is -0.386. The molecule has 1 aliphatic rings. The van der Waals surface area contributed by atoms with Crippen molar-refractivity contribution in [2.45, 2.75) is 44.9 Å². The summed E-state index contributed by atoms with van der Waals surface area (Å²) in [5.41, 5.74) is 1.10. The molecule has 0 saturated heterocycles. The van der Waals surface area contributed by atoms with Crippen LogP contribution in [0.5, 0.6) is 5.75 Å². The summed E-state index contributed by atoms with van der Waals surface area (Å²) < 4.78 is 6.69. The molecule has 0 aliphatic heterocycles. The average molecular weight is 309 g/mol. The molecule has 1 aromatic rings. The van der Waals surface area contributed by atoms with Gasteiger partial charge in [0.15, 0.2) is 6.10 Å². The van der Waals surface area contributed by atoms with Crippen molar-refractivity contribution in [2.75, 3.05) is 0 Å². The monoisotopic (exact) mass is 308 g/mol. The van der Waals surface area contributed by atoms with Crippen LogP contribution in [0.1, 0.15) is 31.7 Å². The molecule has 0 bridgehead atoms. The Balaban J connectivity index is 2.11. The lowest BCUT2D eigenvalue weighted by Crippen LogP contribution is -2.18. The van der Waals surface area contributed by atoms with Gasteiger partial charge < -0.3 is 10.1 Å². The molecule has 1 atom stereocenters. The maximum Gasteiger partial charge on any atom is 0.184 e. The summed E-state index contributed by atoms with van der Waals surface area (Å²) in [5.74, 6) is 0.791. The van der Waals surface area contributed by atoms with Gasteiger partial charge in [0.25, 0.3) is 0 Å². The minimum absolute atomic E-state index is 0.386. The Morgan fingerprint density at radius 2 is 2.33 bits per heavy atom. The van der Waals surface area contributed by atoms with Crippen molar-refractivity contribution in [1.82, 2.24) is 5.32 Å². The fourth-order valence-electron chi connectivity index (χ4n) is 1.71. The zero-order chi connectivity index (χ0) is 13.0. The number of nitrogens with one attached hydrogen (secondary N) is 1. The van der Waals surface area contributed by atoms with E-state index in [2.05, 4.69) is 27.3 Å². The van der Waals surface area contributed by atoms with E-state index in [0.29, 0.717) is 12.5 Å². The van der Waals surface area contributed by atoms with E-state index in [9.17, 15) is 0 Å². The van der Waals surface area contributed by atoms with E-state index in [1.165, 1.54) is 12.8 Å². The fourth-order valence-corrected chi connectivity index (χ4v) is 2.21. The van der Waals surface area contributed by atoms with Crippen LogP contribution >= 0.6 is 15.9 Å². The molecule has 0 aromatic heterocycles. The van der Waals surface area contributed by atoms with E-state index in [4.69, 9.17) is 10.00 Å². The molecule has 0 radical (unpaired) electrons. The van der Waals surface area contributed by atoms with Crippen molar-refractivity contribution in [3.05, 3.63) is 28.2 Å². The van der Waals surface area contributed by atoms with Crippen molar-refractivity contribution < 1.29 is 4.74 Å². The Bertz CT molecular complexity index is 452. The lowest BCUT2D eigenvalue weighted by molar-refractivity contribution is 0.247. The molecule has 0 heterocycles. The number of halogens is 1. The van der Waals surface area contributed by atoms with Crippen molar-refractivity contribution in [3.63, 3.8) is 0 Å². The highest BCUT2D eigenvalue weighted by Crippen LogP contribution is 2.31. The molecule has 0 amide bonds. The van der Waals surface area contributed by atoms with Gasteiger partial charge in [-0.25, -0.2) is 0 Å². The highest BCUT2D eigenvalue weighted by molar-refractivity contribution is 9.10. The van der Waals surface area contributed by atoms with Crippen LogP contribution < -0.4 is 10.1 Å². The van der Waals surface area contributed by atoms with Gasteiger partial charge in [-0.05, 0) is 41.3 Å². The van der Waals surface area contributed by atoms with E-state index < -0.39 is 0 Å². The summed E-state index contributed by atoms with van der Waals surface area (Å²) in [5, 5.41) is 12.5. The maximum atomic E-state index is 8.99. The lowest BCUT2D eigenvalue weighted by Gasteiger charge is -2.16. The molecule has 1 fully saturated rings. The van der Waals surface area contributed by atoms with Crippen molar-refractivity contribution >= 4 is 15.9 Å². The number of hydrogen-bond donors (Lipinski definition) is 1. The molecule has 1 saturated carbocycles. The third kappa shape index (κ3) is 3.47. The average Bonchev–Trinajstić information content (AvgIpc) is 3.19. The second kappa shape index (κ2) is 6.21. The highest BCUT2D eigenvalue weighted by atomic mass is 79.9. The van der Waals surface area contributed by atoms with Crippen LogP contribution in [0.25, 0.3) is 0 Å². The summed E-state index contributed by atoms with van der Waals surface area (Å²) in [4.78, 5) is 0. The zero-order valence-corrected chi connectivity index (χ0v) is 12.0. The number of nitrogens with zero attached hydrogens (tertiary/aromatic N) is 1. The predicted octanol–water partition coefficient (Wildman–Crippen LogP) is 3.38. The van der Waals surface area contributed by atoms with E-state index in [-0.39, 0.29) is 6.10 Å². The van der Waals surface area contributed by atoms with Gasteiger partial charge >= 0.3 is 0 Å². The molecule has 18 heavy (non-hydrogen) atoms. The van der Waals surface area contributed by atoms with Gasteiger partial charge in [0.05, 0.1) is 4.47 Å². The molecular weight excluding hydrogens is 292 g/mol. The Hall–Kier alpha value is -1.05. The first kappa shape index (κ1) is 13.4. The largest absolute Gasteiger partial charge is 0.474 e. The lowest BCUT2D eigenvalue weighted by atomic mass is 10.2. The summed E-state index contributed by atoms with van der Waals surface area (Å²) >= 11 is 3.49. The van der Waals surface area contributed by atoms with Crippen molar-refractivity contribution in [1.29, 1.82) is 5.26 Å². The molecule has 1 N–H and O–H groups in total. The van der Waals surface area contributed by atoms with Crippen molar-refractivity contribution in [3.8, 4) is 11.8 Å². The van der Waals surface area contributed by atoms with Gasteiger partial charge in [-0.3, -0.25) is 0 Å². The van der Waals surface area contributed by atoms with Gasteiger partial charge in [-0.15, -0.1) is 0 Å². The molecule has 4 heteroatoms. The van der Waals surface area contributed by atoms with Gasteiger partial charge in [-0.2, -0.15) is 5.26 Å². The maximum absolute atomic E-state index is 8.99. The van der Waals surface area contributed by atoms with Crippen LogP contribution in [0.2, 0.25) is 0 Å². The van der Waals surface area contributed by atoms with E-state index in [1.807, 2.05) is 25.1 Å². The highest BCUT2D eigenvalue weighted by Gasteiger charge is 2.21. The van der Waals surface area contributed by atoms with Crippen LogP contribution in [0, 0.1) is 11.3 Å². The van der Waals surface area contributed by atoms with Gasteiger partial charge in [0.1, 0.15) is 11.8 Å². The Kier molecular flexibility index (Phi) is 4.62. The summed E-state index contributed by atoms with van der Waals surface area (Å²) in [6.45, 7) is 2.74. The smallest absolute Gasteiger partial charge is 0.184 e. The van der Waals surface area contributed by atoms with E-state index in [0.717, 1.165) is 22.3 Å². The number of hydrogen-bond acceptors (Lipinski definition) is 3. The molecule has 0 spiro atoms. The zero-order valence-electron chi connectivity index (χ0n) is 10.4. The van der Waals surface area contributed by atoms with Crippen LogP contribution in [-0.2, 0) is 6.54 Å². The van der Waals surface area contributed by atoms with Crippen molar-refractivity contribution in [2.24, 2.45) is 0 Å². The molecule has 1 aliphatic carbocycles. The standard InChI is InChI=1S/C14H17BrN2O/c1-2-12(8-16)18-14-10(4-3-5-13(14)15)9-17-11-6-7-11/h3-5,11-12,17H,2,6-7,9H2,1H3. The Morgan fingerprint density at radius 1 is 1.56 bits per heavy atom. The second-order valence-electron chi connectivity index (χ2n) is 4.53. The third-order valence-corrected chi connectivity index (χ3v) is 3.61. The topological polar surface area (TPSA) is 45.0 Å². The number of benzene rings is 1. The van der Waals surface area contributed by atoms with Gasteiger partial charge in [0, 0.05) is 18.2 Å². The first-order valence-corrected chi connectivity index (χ1v) is 7.11. The Labute approximate surface area is 116 Å². The fraction of sp³-hybridized carbons (Fsp3) is 0.500. The summed E-state index contributed by atoms with van der Waals surface area (Å²) in [7, 11) is 0. The second-order valence-corrected chi connectivity index (χ2v) is 5.38. The number of para-hydroxylation sites is 1. The summed E-state index contributed by atoms with van der Waals surface area (Å²) in [6.07, 6.45) is 2.83. The number of rotatable bonds is 6. The SMILES string of the molecule is CCC(C#N)Oc1c(Br)cccc1CNC1CC1. The number of ether oxygens (including phenoxy) is 1. The molecule has 1 aromatic carbocycles. The van der Waals surface area contributed by atoms with Gasteiger partial charge in [-0.1, -0.05) is 19.1 Å². The first-order chi connectivity index (χ1) is 8.74. The van der Waals surface area contributed by atoms with E-state index >= 15 is 0 Å². The van der Waals surface area contributed by atoms with E-state index in [1.54, 1.807) is 0 Å². The molecule has 2 rings (SSSR count). The third-order valence-electron chi connectivity index (χ3n) is 2.98. The number of nitriles is 1. The predicted molar refractivity (Wildman–Crippen MR) is 74.3 cm³/mol. The summed E-state index contributed by atoms with van der Waals surface area (Å²) in [6, 6.07) is 8.81. The van der Waals surface area contributed by atoms with Crippen LogP contribution in [-0.4, -0.2) is 12.1 Å². The Morgan fingerprint density at radius 3 is 2.94 bits per heavy atom. The van der Waals surface area contributed by atoms with Crippen LogP contribution in [0.15, 0.2) is 22.7 Å². The quantitative estimate of drug-likeness (QED) is 0.876. The first-order valence-electron chi connectivity index (χ1n) is 6.31. The normalized spacial score (nSPS) is 16.1. The molecule has 96 valence electrons. The molecule has 3 nitrogen and oxygen atoms in total. The molecule has 1 unspecified atom stereocenters.